The van der Waals surface area contributed by atoms with Crippen molar-refractivity contribution < 1.29 is 23.9 Å². The number of hydrazone groups is 1. The zero-order chi connectivity index (χ0) is 22.3. The molecule has 2 N–H and O–H groups in total. The molecule has 164 valence electrons. The molecule has 1 fully saturated rings. The molecule has 1 aromatic heterocycles. The van der Waals surface area contributed by atoms with Crippen LogP contribution in [0.2, 0.25) is 0 Å². The van der Waals surface area contributed by atoms with Crippen molar-refractivity contribution in [2.45, 2.75) is 46.6 Å². The first kappa shape index (κ1) is 23.0. The third kappa shape index (κ3) is 5.88. The smallest absolute Gasteiger partial charge is 0.328 e. The predicted molar refractivity (Wildman–Crippen MR) is 106 cm³/mol. The van der Waals surface area contributed by atoms with Gasteiger partial charge in [-0.2, -0.15) is 5.10 Å². The van der Waals surface area contributed by atoms with Gasteiger partial charge in [0.25, 0.3) is 5.56 Å². The minimum Gasteiger partial charge on any atom is -0.466 e. The monoisotopic (exact) mass is 422 g/mol. The lowest BCUT2D eigenvalue weighted by atomic mass is 9.96. The van der Waals surface area contributed by atoms with Gasteiger partial charge in [0.2, 0.25) is 5.91 Å². The van der Waals surface area contributed by atoms with E-state index in [4.69, 9.17) is 9.47 Å². The van der Waals surface area contributed by atoms with Crippen molar-refractivity contribution in [1.29, 1.82) is 0 Å². The van der Waals surface area contributed by atoms with E-state index in [1.165, 1.54) is 10.8 Å². The fourth-order valence-electron chi connectivity index (χ4n) is 3.16. The Morgan fingerprint density at radius 1 is 1.13 bits per heavy atom. The Labute approximate surface area is 172 Å². The Morgan fingerprint density at radius 2 is 1.70 bits per heavy atom. The summed E-state index contributed by atoms with van der Waals surface area (Å²) in [6, 6.07) is 0. The summed E-state index contributed by atoms with van der Waals surface area (Å²) in [6.45, 7) is 5.35. The largest absolute Gasteiger partial charge is 0.466 e. The number of aromatic nitrogens is 2. The fourth-order valence-corrected chi connectivity index (χ4v) is 3.16. The van der Waals surface area contributed by atoms with Gasteiger partial charge in [0.15, 0.2) is 0 Å². The van der Waals surface area contributed by atoms with E-state index < -0.39 is 40.9 Å². The number of H-pyrrole nitrogens is 1. The zero-order valence-corrected chi connectivity index (χ0v) is 17.2. The molecular weight excluding hydrogens is 396 g/mol. The fraction of sp³-hybridized carbons (Fsp3) is 0.579. The van der Waals surface area contributed by atoms with Crippen LogP contribution in [0.4, 0.5) is 0 Å². The van der Waals surface area contributed by atoms with Crippen molar-refractivity contribution in [2.24, 2.45) is 16.9 Å². The summed E-state index contributed by atoms with van der Waals surface area (Å²) < 4.78 is 11.3. The number of aromatic amines is 1. The second-order valence-corrected chi connectivity index (χ2v) is 6.85. The number of rotatable bonds is 8. The number of amides is 1. The molecule has 0 spiro atoms. The van der Waals surface area contributed by atoms with Crippen molar-refractivity contribution in [3.8, 4) is 0 Å². The van der Waals surface area contributed by atoms with E-state index in [2.05, 4.69) is 15.5 Å². The van der Waals surface area contributed by atoms with E-state index in [1.54, 1.807) is 20.8 Å². The highest BCUT2D eigenvalue weighted by Gasteiger charge is 2.43. The van der Waals surface area contributed by atoms with Gasteiger partial charge < -0.3 is 9.47 Å². The normalized spacial score (nSPS) is 18.0. The van der Waals surface area contributed by atoms with Gasteiger partial charge in [-0.05, 0) is 20.8 Å². The number of ether oxygens (including phenoxy) is 2. The van der Waals surface area contributed by atoms with Crippen LogP contribution in [0.5, 0.6) is 0 Å². The van der Waals surface area contributed by atoms with E-state index in [1.807, 2.05) is 0 Å². The SMILES string of the molecule is CCOC(=O)[C@@H]1CC(=NNC(=O)CCn2cc(C)c(=O)[nH]c2=O)C[C@H]1C(=O)OCC. The van der Waals surface area contributed by atoms with E-state index >= 15 is 0 Å². The predicted octanol–water partition coefficient (Wildman–Crippen LogP) is -0.140. The van der Waals surface area contributed by atoms with Crippen molar-refractivity contribution >= 4 is 23.6 Å². The van der Waals surface area contributed by atoms with Gasteiger partial charge in [-0.1, -0.05) is 0 Å². The Bertz CT molecular complexity index is 919. The highest BCUT2D eigenvalue weighted by atomic mass is 16.5. The average Bonchev–Trinajstić information content (AvgIpc) is 3.13. The van der Waals surface area contributed by atoms with Gasteiger partial charge in [-0.15, -0.1) is 0 Å². The lowest BCUT2D eigenvalue weighted by Gasteiger charge is -2.15. The number of esters is 2. The molecule has 1 aliphatic carbocycles. The van der Waals surface area contributed by atoms with Crippen molar-refractivity contribution in [2.75, 3.05) is 13.2 Å². The van der Waals surface area contributed by atoms with Crippen LogP contribution in [0, 0.1) is 18.8 Å². The number of carbonyl (C=O) groups is 3. The Kier molecular flexibility index (Phi) is 8.07. The van der Waals surface area contributed by atoms with Crippen LogP contribution < -0.4 is 16.7 Å². The van der Waals surface area contributed by atoms with Gasteiger partial charge in [-0.3, -0.25) is 28.7 Å². The molecule has 0 bridgehead atoms. The second-order valence-electron chi connectivity index (χ2n) is 6.85. The molecule has 0 aliphatic heterocycles. The molecule has 0 radical (unpaired) electrons. The van der Waals surface area contributed by atoms with E-state index in [-0.39, 0.29) is 39.0 Å². The molecule has 0 aromatic carbocycles. The topological polar surface area (TPSA) is 149 Å². The van der Waals surface area contributed by atoms with Crippen LogP contribution in [0.1, 0.15) is 38.7 Å². The first-order valence-corrected chi connectivity index (χ1v) is 9.74. The standard InChI is InChI=1S/C19H26N4O7/c1-4-29-17(26)13-8-12(9-14(13)18(27)30-5-2)21-22-15(24)6-7-23-10-11(3)16(25)20-19(23)28/h10,13-14H,4-9H2,1-3H3,(H,22,24)(H,20,25,28)/t13-,14-/m1/s1. The van der Waals surface area contributed by atoms with Gasteiger partial charge in [0, 0.05) is 43.3 Å². The van der Waals surface area contributed by atoms with E-state index in [0.717, 1.165) is 0 Å². The summed E-state index contributed by atoms with van der Waals surface area (Å²) in [5.41, 5.74) is 2.15. The third-order valence-corrected chi connectivity index (χ3v) is 4.68. The van der Waals surface area contributed by atoms with Gasteiger partial charge in [0.05, 0.1) is 25.0 Å². The summed E-state index contributed by atoms with van der Waals surface area (Å²) >= 11 is 0. The Morgan fingerprint density at radius 3 is 2.23 bits per heavy atom. The lowest BCUT2D eigenvalue weighted by Crippen LogP contribution is -2.32. The number of aryl methyl sites for hydroxylation is 2. The lowest BCUT2D eigenvalue weighted by molar-refractivity contribution is -0.158. The van der Waals surface area contributed by atoms with Crippen LogP contribution in [-0.2, 0) is 30.4 Å². The molecule has 2 rings (SSSR count). The first-order valence-electron chi connectivity index (χ1n) is 9.74. The molecule has 1 amide bonds. The zero-order valence-electron chi connectivity index (χ0n) is 17.2. The van der Waals surface area contributed by atoms with Gasteiger partial charge in [0.1, 0.15) is 0 Å². The number of hydrogen-bond acceptors (Lipinski definition) is 8. The molecular formula is C19H26N4O7. The van der Waals surface area contributed by atoms with Crippen LogP contribution in [-0.4, -0.2) is 46.3 Å². The molecule has 1 saturated carbocycles. The number of carbonyl (C=O) groups excluding carboxylic acids is 3. The highest BCUT2D eigenvalue weighted by Crippen LogP contribution is 2.32. The maximum Gasteiger partial charge on any atom is 0.328 e. The molecule has 1 heterocycles. The van der Waals surface area contributed by atoms with Gasteiger partial charge in [-0.25, -0.2) is 10.2 Å². The molecule has 0 saturated heterocycles. The minimum absolute atomic E-state index is 0.0508. The van der Waals surface area contributed by atoms with Crippen molar-refractivity contribution in [1.82, 2.24) is 15.0 Å². The molecule has 11 nitrogen and oxygen atoms in total. The molecule has 1 aromatic rings. The summed E-state index contributed by atoms with van der Waals surface area (Å²) in [5.74, 6) is -2.87. The van der Waals surface area contributed by atoms with Crippen LogP contribution >= 0.6 is 0 Å². The van der Waals surface area contributed by atoms with Crippen molar-refractivity contribution in [3.05, 3.63) is 32.6 Å². The molecule has 2 atom stereocenters. The average molecular weight is 422 g/mol. The van der Waals surface area contributed by atoms with Crippen molar-refractivity contribution in [3.63, 3.8) is 0 Å². The maximum absolute atomic E-state index is 12.2. The third-order valence-electron chi connectivity index (χ3n) is 4.68. The Hall–Kier alpha value is -3.24. The number of nitrogens with one attached hydrogen (secondary N) is 2. The van der Waals surface area contributed by atoms with E-state index in [9.17, 15) is 24.0 Å². The summed E-state index contributed by atoms with van der Waals surface area (Å²) in [7, 11) is 0. The summed E-state index contributed by atoms with van der Waals surface area (Å²) in [4.78, 5) is 61.7. The second kappa shape index (κ2) is 10.5. The van der Waals surface area contributed by atoms with Crippen LogP contribution in [0.15, 0.2) is 20.9 Å². The minimum atomic E-state index is -0.706. The molecule has 1 aliphatic rings. The molecule has 11 heteroatoms. The quantitative estimate of drug-likeness (QED) is 0.437. The van der Waals surface area contributed by atoms with Crippen LogP contribution in [0.3, 0.4) is 0 Å². The summed E-state index contributed by atoms with van der Waals surface area (Å²) in [5, 5.41) is 4.03. The molecule has 0 unspecified atom stereocenters. The first-order chi connectivity index (χ1) is 14.3. The number of nitrogens with zero attached hydrogens (tertiary/aromatic N) is 2. The number of hydrogen-bond donors (Lipinski definition) is 2. The van der Waals surface area contributed by atoms with Gasteiger partial charge >= 0.3 is 17.6 Å². The summed E-state index contributed by atoms with van der Waals surface area (Å²) in [6.07, 6.45) is 1.69. The maximum atomic E-state index is 12.2. The van der Waals surface area contributed by atoms with E-state index in [0.29, 0.717) is 11.3 Å². The molecule has 30 heavy (non-hydrogen) atoms. The van der Waals surface area contributed by atoms with Crippen LogP contribution in [0.25, 0.3) is 0 Å². The highest BCUT2D eigenvalue weighted by molar-refractivity contribution is 5.98. The Balaban J connectivity index is 1.99.